The van der Waals surface area contributed by atoms with Crippen molar-refractivity contribution in [3.05, 3.63) is 6.42 Å². The van der Waals surface area contributed by atoms with E-state index < -0.39 is 0 Å². The lowest BCUT2D eigenvalue weighted by atomic mass is 10.5. The zero-order valence-corrected chi connectivity index (χ0v) is 3.10. The third kappa shape index (κ3) is 0.428. The summed E-state index contributed by atoms with van der Waals surface area (Å²) in [5.41, 5.74) is 0. The average molecular weight is 70.1 g/mol. The van der Waals surface area contributed by atoms with Gasteiger partial charge in [0.1, 0.15) is 0 Å². The predicted molar refractivity (Wildman–Crippen MR) is 18.4 cm³/mol. The maximum absolute atomic E-state index is 8.32. The van der Waals surface area contributed by atoms with Crippen LogP contribution in [-0.4, -0.2) is 11.2 Å². The molecule has 1 aliphatic carbocycles. The van der Waals surface area contributed by atoms with Crippen LogP contribution in [0.1, 0.15) is 6.92 Å². The number of rotatable bonds is 0. The molecule has 0 aliphatic heterocycles. The van der Waals surface area contributed by atoms with E-state index in [4.69, 9.17) is 5.11 Å². The SMILES string of the molecule is CC1[C]C1O. The Morgan fingerprint density at radius 3 is 2.00 bits per heavy atom. The normalized spacial score (nSPS) is 49.2. The van der Waals surface area contributed by atoms with Gasteiger partial charge in [0.25, 0.3) is 0 Å². The maximum atomic E-state index is 8.32. The second-order valence-corrected chi connectivity index (χ2v) is 1.40. The van der Waals surface area contributed by atoms with Gasteiger partial charge in [0.2, 0.25) is 0 Å². The summed E-state index contributed by atoms with van der Waals surface area (Å²) in [6, 6.07) is 0. The highest BCUT2D eigenvalue weighted by atomic mass is 16.3. The highest BCUT2D eigenvalue weighted by Crippen LogP contribution is 2.26. The standard InChI is InChI=1S/C4H6O/c1-3-2-4(3)5/h3-5H,1H3. The molecule has 0 aromatic carbocycles. The van der Waals surface area contributed by atoms with Gasteiger partial charge < -0.3 is 5.11 Å². The van der Waals surface area contributed by atoms with Crippen molar-refractivity contribution in [2.24, 2.45) is 5.92 Å². The quantitative estimate of drug-likeness (QED) is 0.428. The van der Waals surface area contributed by atoms with Crippen molar-refractivity contribution in [2.75, 3.05) is 0 Å². The fourth-order valence-electron chi connectivity index (χ4n) is 0.214. The van der Waals surface area contributed by atoms with Crippen LogP contribution in [0.25, 0.3) is 0 Å². The molecule has 0 bridgehead atoms. The lowest BCUT2D eigenvalue weighted by Crippen LogP contribution is -1.74. The van der Waals surface area contributed by atoms with E-state index in [-0.39, 0.29) is 6.10 Å². The fraction of sp³-hybridized carbons (Fsp3) is 0.750. The van der Waals surface area contributed by atoms with Crippen LogP contribution in [-0.2, 0) is 0 Å². The van der Waals surface area contributed by atoms with Crippen LogP contribution < -0.4 is 0 Å². The molecule has 1 rings (SSSR count). The molecule has 1 nitrogen and oxygen atoms in total. The molecular weight excluding hydrogens is 64.0 g/mol. The van der Waals surface area contributed by atoms with Crippen molar-refractivity contribution in [1.82, 2.24) is 0 Å². The summed E-state index contributed by atoms with van der Waals surface area (Å²) in [6.45, 7) is 1.94. The number of aliphatic hydroxyl groups excluding tert-OH is 1. The van der Waals surface area contributed by atoms with E-state index in [0.29, 0.717) is 5.92 Å². The van der Waals surface area contributed by atoms with Crippen LogP contribution in [0.3, 0.4) is 0 Å². The van der Waals surface area contributed by atoms with Crippen LogP contribution in [0.2, 0.25) is 0 Å². The summed E-state index contributed by atoms with van der Waals surface area (Å²) < 4.78 is 0. The lowest BCUT2D eigenvalue weighted by Gasteiger charge is -1.67. The molecule has 0 aromatic rings. The molecule has 1 heteroatoms. The molecular formula is C4H6O. The van der Waals surface area contributed by atoms with Crippen molar-refractivity contribution in [3.63, 3.8) is 0 Å². The molecule has 0 aromatic heterocycles. The van der Waals surface area contributed by atoms with E-state index >= 15 is 0 Å². The fourth-order valence-corrected chi connectivity index (χ4v) is 0.214. The van der Waals surface area contributed by atoms with E-state index in [0.717, 1.165) is 0 Å². The Kier molecular flexibility index (Phi) is 0.453. The summed E-state index contributed by atoms with van der Waals surface area (Å²) in [6.07, 6.45) is 2.55. The summed E-state index contributed by atoms with van der Waals surface area (Å²) in [5, 5.41) is 8.32. The van der Waals surface area contributed by atoms with Gasteiger partial charge in [-0.05, 0) is 5.92 Å². The van der Waals surface area contributed by atoms with Crippen molar-refractivity contribution in [3.8, 4) is 0 Å². The molecule has 2 atom stereocenters. The minimum absolute atomic E-state index is 0.199. The maximum Gasteiger partial charge on any atom is 0.0645 e. The van der Waals surface area contributed by atoms with Gasteiger partial charge in [-0.15, -0.1) is 0 Å². The zero-order valence-electron chi connectivity index (χ0n) is 3.10. The summed E-state index contributed by atoms with van der Waals surface area (Å²) in [5.74, 6) is 0.356. The lowest BCUT2D eigenvalue weighted by molar-refractivity contribution is 0.270. The molecule has 0 heterocycles. The Morgan fingerprint density at radius 2 is 2.00 bits per heavy atom. The first-order chi connectivity index (χ1) is 2.30. The average Bonchev–Trinajstić information content (AvgIpc) is 1.79. The summed E-state index contributed by atoms with van der Waals surface area (Å²) in [4.78, 5) is 0. The molecule has 5 heavy (non-hydrogen) atoms. The second kappa shape index (κ2) is 0.716. The first-order valence-electron chi connectivity index (χ1n) is 1.75. The van der Waals surface area contributed by atoms with Crippen LogP contribution in [0.5, 0.6) is 0 Å². The van der Waals surface area contributed by atoms with Gasteiger partial charge in [0.05, 0.1) is 6.10 Å². The van der Waals surface area contributed by atoms with Crippen molar-refractivity contribution in [2.45, 2.75) is 13.0 Å². The largest absolute Gasteiger partial charge is 0.392 e. The Bertz CT molecular complexity index is 36.9. The Labute approximate surface area is 31.6 Å². The van der Waals surface area contributed by atoms with Crippen LogP contribution in [0.15, 0.2) is 0 Å². The topological polar surface area (TPSA) is 20.2 Å². The van der Waals surface area contributed by atoms with Crippen molar-refractivity contribution >= 4 is 0 Å². The van der Waals surface area contributed by atoms with Crippen LogP contribution in [0.4, 0.5) is 0 Å². The van der Waals surface area contributed by atoms with E-state index in [1.807, 2.05) is 6.92 Å². The molecule has 1 aliphatic rings. The molecule has 0 spiro atoms. The van der Waals surface area contributed by atoms with Gasteiger partial charge in [0.15, 0.2) is 0 Å². The number of hydrogen-bond donors (Lipinski definition) is 1. The zero-order chi connectivity index (χ0) is 3.86. The minimum Gasteiger partial charge on any atom is -0.392 e. The minimum atomic E-state index is -0.199. The molecule has 1 fully saturated rings. The molecule has 0 amide bonds. The van der Waals surface area contributed by atoms with Gasteiger partial charge in [0, 0.05) is 6.42 Å². The third-order valence-corrected chi connectivity index (χ3v) is 0.798. The highest BCUT2D eigenvalue weighted by Gasteiger charge is 2.30. The number of hydrogen-bond acceptors (Lipinski definition) is 1. The van der Waals surface area contributed by atoms with E-state index in [1.165, 1.54) is 0 Å². The Balaban J connectivity index is 2.20. The van der Waals surface area contributed by atoms with E-state index in [1.54, 1.807) is 0 Å². The smallest absolute Gasteiger partial charge is 0.0645 e. The monoisotopic (exact) mass is 70.0 g/mol. The Morgan fingerprint density at radius 1 is 1.80 bits per heavy atom. The van der Waals surface area contributed by atoms with E-state index in [2.05, 4.69) is 6.42 Å². The third-order valence-electron chi connectivity index (χ3n) is 0.798. The van der Waals surface area contributed by atoms with Crippen LogP contribution >= 0.6 is 0 Å². The van der Waals surface area contributed by atoms with Gasteiger partial charge in [-0.1, -0.05) is 6.92 Å². The van der Waals surface area contributed by atoms with Gasteiger partial charge in [-0.2, -0.15) is 0 Å². The molecule has 1 N–H and O–H groups in total. The van der Waals surface area contributed by atoms with Gasteiger partial charge in [-0.25, -0.2) is 0 Å². The molecule has 2 unspecified atom stereocenters. The summed E-state index contributed by atoms with van der Waals surface area (Å²) >= 11 is 0. The summed E-state index contributed by atoms with van der Waals surface area (Å²) in [7, 11) is 0. The van der Waals surface area contributed by atoms with Crippen LogP contribution in [0, 0.1) is 12.3 Å². The Hall–Kier alpha value is -0.0400. The molecule has 0 saturated heterocycles. The molecule has 28 valence electrons. The second-order valence-electron chi connectivity index (χ2n) is 1.40. The first kappa shape index (κ1) is 3.16. The van der Waals surface area contributed by atoms with Crippen molar-refractivity contribution in [1.29, 1.82) is 0 Å². The molecule has 1 saturated carbocycles. The van der Waals surface area contributed by atoms with E-state index in [9.17, 15) is 0 Å². The van der Waals surface area contributed by atoms with Crippen molar-refractivity contribution < 1.29 is 5.11 Å². The highest BCUT2D eigenvalue weighted by molar-refractivity contribution is 5.02. The molecule has 2 radical (unpaired) electrons. The first-order valence-corrected chi connectivity index (χ1v) is 1.75. The number of aliphatic hydroxyl groups is 1. The predicted octanol–water partition coefficient (Wildman–Crippen LogP) is 0.0783. The van der Waals surface area contributed by atoms with Gasteiger partial charge in [-0.3, -0.25) is 0 Å². The van der Waals surface area contributed by atoms with Gasteiger partial charge >= 0.3 is 0 Å².